The van der Waals surface area contributed by atoms with E-state index in [1.54, 1.807) is 26.0 Å². The van der Waals surface area contributed by atoms with E-state index in [0.717, 1.165) is 16.3 Å². The van der Waals surface area contributed by atoms with E-state index in [1.807, 2.05) is 0 Å². The molecular formula is C19H24F3N3O4. The Labute approximate surface area is 166 Å². The molecule has 2 rings (SSSR count). The fraction of sp³-hybridized carbons (Fsp3) is 0.474. The van der Waals surface area contributed by atoms with E-state index in [1.165, 1.54) is 27.5 Å². The fourth-order valence-corrected chi connectivity index (χ4v) is 3.14. The van der Waals surface area contributed by atoms with Crippen molar-refractivity contribution in [1.29, 1.82) is 0 Å². The van der Waals surface area contributed by atoms with Crippen LogP contribution >= 0.6 is 0 Å². The standard InChI is InChI=1S/C19H24F3N3O4/c1-11-8-14(28-4)15(29-5)9-13(11)12(2)24-16(26)10-18(27,19(20,21)22)17-23-6-7-25(17)3/h6-9,12,27H,10H2,1-5H3,(H,24,26). The number of amides is 1. The Kier molecular flexibility index (Phi) is 6.46. The molecular weight excluding hydrogens is 391 g/mol. The van der Waals surface area contributed by atoms with Crippen LogP contribution in [0.1, 0.15) is 36.3 Å². The minimum absolute atomic E-state index is 0.425. The number of rotatable bonds is 7. The number of methoxy groups -OCH3 is 2. The van der Waals surface area contributed by atoms with Crippen LogP contribution in [0.3, 0.4) is 0 Å². The highest BCUT2D eigenvalue weighted by molar-refractivity contribution is 5.78. The molecule has 0 bridgehead atoms. The molecule has 0 saturated heterocycles. The molecule has 1 heterocycles. The van der Waals surface area contributed by atoms with E-state index in [-0.39, 0.29) is 0 Å². The zero-order valence-corrected chi connectivity index (χ0v) is 16.8. The Bertz CT molecular complexity index is 882. The first-order valence-corrected chi connectivity index (χ1v) is 8.73. The highest BCUT2D eigenvalue weighted by Gasteiger charge is 2.58. The second-order valence-electron chi connectivity index (χ2n) is 6.75. The summed E-state index contributed by atoms with van der Waals surface area (Å²) < 4.78 is 52.3. The average Bonchev–Trinajstić information content (AvgIpc) is 3.06. The van der Waals surface area contributed by atoms with Gasteiger partial charge in [0.25, 0.3) is 0 Å². The molecule has 2 atom stereocenters. The Morgan fingerprint density at radius 2 is 1.86 bits per heavy atom. The molecule has 160 valence electrons. The third-order valence-corrected chi connectivity index (χ3v) is 4.69. The summed E-state index contributed by atoms with van der Waals surface area (Å²) in [6.45, 7) is 3.40. The molecule has 1 aromatic heterocycles. The average molecular weight is 415 g/mol. The van der Waals surface area contributed by atoms with Crippen LogP contribution in [0.5, 0.6) is 11.5 Å². The topological polar surface area (TPSA) is 85.6 Å². The number of nitrogens with one attached hydrogen (secondary N) is 1. The summed E-state index contributed by atoms with van der Waals surface area (Å²) in [5, 5.41) is 12.8. The smallest absolute Gasteiger partial charge is 0.425 e. The molecule has 1 aromatic carbocycles. The van der Waals surface area contributed by atoms with Gasteiger partial charge in [-0.2, -0.15) is 13.2 Å². The van der Waals surface area contributed by atoms with Gasteiger partial charge in [-0.3, -0.25) is 4.79 Å². The van der Waals surface area contributed by atoms with Crippen molar-refractivity contribution in [3.05, 3.63) is 41.5 Å². The summed E-state index contributed by atoms with van der Waals surface area (Å²) in [5.74, 6) is -0.716. The fourth-order valence-electron chi connectivity index (χ4n) is 3.14. The third kappa shape index (κ3) is 4.47. The van der Waals surface area contributed by atoms with Crippen molar-refractivity contribution in [1.82, 2.24) is 14.9 Å². The number of carbonyl (C=O) groups is 1. The van der Waals surface area contributed by atoms with Crippen molar-refractivity contribution in [2.45, 2.75) is 38.1 Å². The Morgan fingerprint density at radius 3 is 2.34 bits per heavy atom. The van der Waals surface area contributed by atoms with Crippen molar-refractivity contribution in [3.8, 4) is 11.5 Å². The Balaban J connectivity index is 2.26. The van der Waals surface area contributed by atoms with Crippen LogP contribution in [0.2, 0.25) is 0 Å². The number of hydrogen-bond donors (Lipinski definition) is 2. The second-order valence-corrected chi connectivity index (χ2v) is 6.75. The zero-order chi connectivity index (χ0) is 22.0. The minimum Gasteiger partial charge on any atom is -0.493 e. The van der Waals surface area contributed by atoms with E-state index in [2.05, 4.69) is 10.3 Å². The van der Waals surface area contributed by atoms with Gasteiger partial charge in [-0.05, 0) is 37.1 Å². The number of aliphatic hydroxyl groups is 1. The summed E-state index contributed by atoms with van der Waals surface area (Å²) >= 11 is 0. The predicted octanol–water partition coefficient (Wildman–Crippen LogP) is 2.76. The molecule has 0 fully saturated rings. The number of aromatic nitrogens is 2. The van der Waals surface area contributed by atoms with E-state index in [0.29, 0.717) is 17.1 Å². The molecule has 2 N–H and O–H groups in total. The molecule has 0 spiro atoms. The predicted molar refractivity (Wildman–Crippen MR) is 98.6 cm³/mol. The van der Waals surface area contributed by atoms with Gasteiger partial charge in [0.1, 0.15) is 0 Å². The van der Waals surface area contributed by atoms with E-state index in [9.17, 15) is 23.1 Å². The number of alkyl halides is 3. The molecule has 0 aliphatic carbocycles. The van der Waals surface area contributed by atoms with Gasteiger partial charge < -0.3 is 24.5 Å². The molecule has 0 aliphatic rings. The molecule has 29 heavy (non-hydrogen) atoms. The first-order chi connectivity index (χ1) is 13.4. The van der Waals surface area contributed by atoms with Crippen LogP contribution in [0.25, 0.3) is 0 Å². The van der Waals surface area contributed by atoms with Crippen LogP contribution < -0.4 is 14.8 Å². The summed E-state index contributed by atoms with van der Waals surface area (Å²) in [7, 11) is 4.25. The number of benzene rings is 1. The van der Waals surface area contributed by atoms with Crippen molar-refractivity contribution >= 4 is 5.91 Å². The van der Waals surface area contributed by atoms with E-state index in [4.69, 9.17) is 9.47 Å². The van der Waals surface area contributed by atoms with Crippen molar-refractivity contribution in [2.24, 2.45) is 7.05 Å². The SMILES string of the molecule is COc1cc(C)c(C(C)NC(=O)CC(O)(c2nccn2C)C(F)(F)F)cc1OC. The molecule has 0 radical (unpaired) electrons. The highest BCUT2D eigenvalue weighted by Crippen LogP contribution is 2.41. The van der Waals surface area contributed by atoms with E-state index < -0.39 is 36.0 Å². The van der Waals surface area contributed by atoms with Gasteiger partial charge >= 0.3 is 6.18 Å². The van der Waals surface area contributed by atoms with Gasteiger partial charge in [-0.1, -0.05) is 0 Å². The molecule has 0 aliphatic heterocycles. The summed E-state index contributed by atoms with van der Waals surface area (Å²) in [5.41, 5.74) is -2.02. The lowest BCUT2D eigenvalue weighted by molar-refractivity contribution is -0.271. The lowest BCUT2D eigenvalue weighted by Gasteiger charge is -2.30. The normalized spacial score (nSPS) is 14.8. The minimum atomic E-state index is -5.09. The number of halogens is 3. The number of carbonyl (C=O) groups excluding carboxylic acids is 1. The van der Waals surface area contributed by atoms with Gasteiger partial charge in [0.15, 0.2) is 17.3 Å². The monoisotopic (exact) mass is 415 g/mol. The van der Waals surface area contributed by atoms with Crippen LogP contribution in [0.4, 0.5) is 13.2 Å². The maximum atomic E-state index is 13.6. The zero-order valence-electron chi connectivity index (χ0n) is 16.8. The number of ether oxygens (including phenoxy) is 2. The maximum absolute atomic E-state index is 13.6. The first kappa shape index (κ1) is 22.5. The number of hydrogen-bond acceptors (Lipinski definition) is 5. The second kappa shape index (κ2) is 8.32. The molecule has 2 aromatic rings. The van der Waals surface area contributed by atoms with Gasteiger partial charge in [0.2, 0.25) is 11.5 Å². The van der Waals surface area contributed by atoms with Gasteiger partial charge in [0, 0.05) is 19.4 Å². The summed E-state index contributed by atoms with van der Waals surface area (Å²) in [6.07, 6.45) is -3.93. The summed E-state index contributed by atoms with van der Waals surface area (Å²) in [6, 6.07) is 2.71. The van der Waals surface area contributed by atoms with Gasteiger partial charge in [-0.15, -0.1) is 0 Å². The maximum Gasteiger partial charge on any atom is 0.425 e. The van der Waals surface area contributed by atoms with Gasteiger partial charge in [0.05, 0.1) is 26.7 Å². The molecule has 0 saturated carbocycles. The van der Waals surface area contributed by atoms with Crippen molar-refractivity contribution < 1.29 is 32.5 Å². The van der Waals surface area contributed by atoms with E-state index >= 15 is 0 Å². The van der Waals surface area contributed by atoms with Crippen LogP contribution in [0.15, 0.2) is 24.5 Å². The lowest BCUT2D eigenvalue weighted by atomic mass is 9.96. The largest absolute Gasteiger partial charge is 0.493 e. The number of aryl methyl sites for hydroxylation is 2. The van der Waals surface area contributed by atoms with Crippen LogP contribution in [-0.4, -0.2) is 41.0 Å². The molecule has 7 nitrogen and oxygen atoms in total. The van der Waals surface area contributed by atoms with Crippen molar-refractivity contribution in [2.75, 3.05) is 14.2 Å². The molecule has 10 heteroatoms. The lowest BCUT2D eigenvalue weighted by Crippen LogP contribution is -2.48. The Hall–Kier alpha value is -2.75. The summed E-state index contributed by atoms with van der Waals surface area (Å²) in [4.78, 5) is 16.0. The first-order valence-electron chi connectivity index (χ1n) is 8.73. The molecule has 2 unspecified atom stereocenters. The number of imidazole rings is 1. The highest BCUT2D eigenvalue weighted by atomic mass is 19.4. The number of nitrogens with zero attached hydrogens (tertiary/aromatic N) is 2. The van der Waals surface area contributed by atoms with Crippen LogP contribution in [-0.2, 0) is 17.4 Å². The van der Waals surface area contributed by atoms with Crippen LogP contribution in [0, 0.1) is 6.92 Å². The van der Waals surface area contributed by atoms with Gasteiger partial charge in [-0.25, -0.2) is 4.98 Å². The Morgan fingerprint density at radius 1 is 1.28 bits per heavy atom. The quantitative estimate of drug-likeness (QED) is 0.726. The molecule has 1 amide bonds. The third-order valence-electron chi connectivity index (χ3n) is 4.69. The van der Waals surface area contributed by atoms with Crippen molar-refractivity contribution in [3.63, 3.8) is 0 Å².